The highest BCUT2D eigenvalue weighted by atomic mass is 19.3. The van der Waals surface area contributed by atoms with E-state index < -0.39 is 12.3 Å². The Labute approximate surface area is 80.9 Å². The van der Waals surface area contributed by atoms with Gasteiger partial charge in [0.15, 0.2) is 0 Å². The first-order valence-electron chi connectivity index (χ1n) is 4.17. The average Bonchev–Trinajstić information content (AvgIpc) is 2.19. The van der Waals surface area contributed by atoms with Crippen molar-refractivity contribution < 1.29 is 13.5 Å². The summed E-state index contributed by atoms with van der Waals surface area (Å²) in [7, 11) is 1.49. The van der Waals surface area contributed by atoms with Gasteiger partial charge in [0.1, 0.15) is 5.75 Å². The van der Waals surface area contributed by atoms with E-state index in [1.54, 1.807) is 6.07 Å². The molecule has 1 atom stereocenters. The molecular formula is C9H12F2N2O. The van der Waals surface area contributed by atoms with Crippen LogP contribution in [0.15, 0.2) is 18.3 Å². The number of halogens is 2. The molecule has 0 aromatic carbocycles. The van der Waals surface area contributed by atoms with Gasteiger partial charge >= 0.3 is 0 Å². The summed E-state index contributed by atoms with van der Waals surface area (Å²) in [5, 5.41) is 0. The van der Waals surface area contributed by atoms with E-state index in [0.717, 1.165) is 0 Å². The molecule has 0 amide bonds. The number of rotatable bonds is 4. The zero-order valence-corrected chi connectivity index (χ0v) is 7.78. The maximum Gasteiger partial charge on any atom is 0.248 e. The number of alkyl halides is 2. The van der Waals surface area contributed by atoms with E-state index >= 15 is 0 Å². The molecule has 5 heteroatoms. The molecule has 3 nitrogen and oxygen atoms in total. The van der Waals surface area contributed by atoms with Gasteiger partial charge in [0.05, 0.1) is 24.9 Å². The van der Waals surface area contributed by atoms with Crippen LogP contribution in [0.25, 0.3) is 0 Å². The van der Waals surface area contributed by atoms with E-state index in [-0.39, 0.29) is 6.54 Å². The zero-order valence-electron chi connectivity index (χ0n) is 7.78. The summed E-state index contributed by atoms with van der Waals surface area (Å²) in [4.78, 5) is 3.86. The number of hydrogen-bond donors (Lipinski definition) is 1. The third kappa shape index (κ3) is 2.38. The first-order valence-corrected chi connectivity index (χ1v) is 4.17. The summed E-state index contributed by atoms with van der Waals surface area (Å²) < 4.78 is 29.7. The van der Waals surface area contributed by atoms with E-state index in [1.165, 1.54) is 19.4 Å². The van der Waals surface area contributed by atoms with E-state index in [4.69, 9.17) is 10.5 Å². The van der Waals surface area contributed by atoms with Crippen LogP contribution in [0.3, 0.4) is 0 Å². The highest BCUT2D eigenvalue weighted by molar-refractivity contribution is 5.22. The largest absolute Gasteiger partial charge is 0.495 e. The van der Waals surface area contributed by atoms with Gasteiger partial charge in [-0.05, 0) is 12.1 Å². The normalized spacial score (nSPS) is 12.9. The predicted octanol–water partition coefficient (Wildman–Crippen LogP) is 1.40. The third-order valence-corrected chi connectivity index (χ3v) is 1.93. The fraction of sp³-hybridized carbons (Fsp3) is 0.444. The minimum atomic E-state index is -2.49. The van der Waals surface area contributed by atoms with Crippen molar-refractivity contribution in [3.05, 3.63) is 24.0 Å². The Kier molecular flexibility index (Phi) is 3.76. The molecule has 0 saturated carbocycles. The molecule has 0 fully saturated rings. The van der Waals surface area contributed by atoms with Crippen LogP contribution in [0.5, 0.6) is 5.75 Å². The van der Waals surface area contributed by atoms with Crippen molar-refractivity contribution in [2.24, 2.45) is 5.73 Å². The Morgan fingerprint density at radius 1 is 1.50 bits per heavy atom. The van der Waals surface area contributed by atoms with Crippen LogP contribution in [0.2, 0.25) is 0 Å². The molecule has 14 heavy (non-hydrogen) atoms. The van der Waals surface area contributed by atoms with E-state index in [1.807, 2.05) is 0 Å². The molecule has 78 valence electrons. The second kappa shape index (κ2) is 4.85. The van der Waals surface area contributed by atoms with Crippen molar-refractivity contribution in [3.8, 4) is 5.75 Å². The summed E-state index contributed by atoms with van der Waals surface area (Å²) in [5.74, 6) is -0.459. The standard InChI is InChI=1S/C9H12F2N2O/c1-14-6-2-3-8(13-5-6)7(4-12)9(10)11/h2-3,5,7,9H,4,12H2,1H3. The van der Waals surface area contributed by atoms with Crippen LogP contribution in [-0.2, 0) is 0 Å². The first-order chi connectivity index (χ1) is 6.69. The van der Waals surface area contributed by atoms with E-state index in [0.29, 0.717) is 11.4 Å². The SMILES string of the molecule is COc1ccc(C(CN)C(F)F)nc1. The van der Waals surface area contributed by atoms with Gasteiger partial charge in [0.2, 0.25) is 6.43 Å². The molecule has 0 aliphatic rings. The maximum absolute atomic E-state index is 12.4. The maximum atomic E-state index is 12.4. The van der Waals surface area contributed by atoms with Gasteiger partial charge in [0.25, 0.3) is 0 Å². The summed E-state index contributed by atoms with van der Waals surface area (Å²) >= 11 is 0. The predicted molar refractivity (Wildman–Crippen MR) is 48.6 cm³/mol. The lowest BCUT2D eigenvalue weighted by Gasteiger charge is -2.12. The van der Waals surface area contributed by atoms with Crippen molar-refractivity contribution in [1.82, 2.24) is 4.98 Å². The molecule has 1 heterocycles. The van der Waals surface area contributed by atoms with Gasteiger partial charge < -0.3 is 10.5 Å². The second-order valence-corrected chi connectivity index (χ2v) is 2.80. The van der Waals surface area contributed by atoms with Gasteiger partial charge in [0, 0.05) is 6.54 Å². The van der Waals surface area contributed by atoms with Gasteiger partial charge in [-0.1, -0.05) is 0 Å². The molecule has 1 rings (SSSR count). The Morgan fingerprint density at radius 3 is 2.57 bits per heavy atom. The molecule has 1 aromatic rings. The molecular weight excluding hydrogens is 190 g/mol. The highest BCUT2D eigenvalue weighted by Gasteiger charge is 2.21. The summed E-state index contributed by atoms with van der Waals surface area (Å²) in [6.45, 7) is -0.114. The van der Waals surface area contributed by atoms with E-state index in [2.05, 4.69) is 4.98 Å². The van der Waals surface area contributed by atoms with Crippen molar-refractivity contribution in [2.45, 2.75) is 12.3 Å². The average molecular weight is 202 g/mol. The molecule has 1 aromatic heterocycles. The van der Waals surface area contributed by atoms with Crippen LogP contribution >= 0.6 is 0 Å². The molecule has 0 radical (unpaired) electrons. The van der Waals surface area contributed by atoms with Crippen molar-refractivity contribution in [2.75, 3.05) is 13.7 Å². The summed E-state index contributed by atoms with van der Waals surface area (Å²) in [6.07, 6.45) is -1.08. The Morgan fingerprint density at radius 2 is 2.21 bits per heavy atom. The Bertz CT molecular complexity index is 277. The number of nitrogens with zero attached hydrogens (tertiary/aromatic N) is 1. The van der Waals surface area contributed by atoms with Crippen LogP contribution in [0.4, 0.5) is 8.78 Å². The number of ether oxygens (including phenoxy) is 1. The fourth-order valence-electron chi connectivity index (χ4n) is 1.08. The van der Waals surface area contributed by atoms with Gasteiger partial charge in [-0.15, -0.1) is 0 Å². The summed E-state index contributed by atoms with van der Waals surface area (Å²) in [5.41, 5.74) is 5.52. The minimum Gasteiger partial charge on any atom is -0.495 e. The number of pyridine rings is 1. The minimum absolute atomic E-state index is 0.114. The molecule has 0 aliphatic carbocycles. The lowest BCUT2D eigenvalue weighted by Crippen LogP contribution is -2.20. The molecule has 0 spiro atoms. The number of hydrogen-bond acceptors (Lipinski definition) is 3. The molecule has 1 unspecified atom stereocenters. The van der Waals surface area contributed by atoms with Gasteiger partial charge in [-0.25, -0.2) is 8.78 Å². The van der Waals surface area contributed by atoms with E-state index in [9.17, 15) is 8.78 Å². The number of methoxy groups -OCH3 is 1. The second-order valence-electron chi connectivity index (χ2n) is 2.80. The topological polar surface area (TPSA) is 48.1 Å². The summed E-state index contributed by atoms with van der Waals surface area (Å²) in [6, 6.07) is 3.09. The Balaban J connectivity index is 2.84. The fourth-order valence-corrected chi connectivity index (χ4v) is 1.08. The monoisotopic (exact) mass is 202 g/mol. The molecule has 0 aliphatic heterocycles. The number of nitrogens with two attached hydrogens (primary N) is 1. The van der Waals surface area contributed by atoms with Crippen LogP contribution in [-0.4, -0.2) is 25.1 Å². The van der Waals surface area contributed by atoms with Crippen LogP contribution in [0.1, 0.15) is 11.6 Å². The quantitative estimate of drug-likeness (QED) is 0.802. The molecule has 0 bridgehead atoms. The van der Waals surface area contributed by atoms with Crippen molar-refractivity contribution >= 4 is 0 Å². The van der Waals surface area contributed by atoms with Crippen molar-refractivity contribution in [1.29, 1.82) is 0 Å². The first kappa shape index (κ1) is 10.8. The van der Waals surface area contributed by atoms with Crippen LogP contribution in [0, 0.1) is 0 Å². The van der Waals surface area contributed by atoms with Crippen molar-refractivity contribution in [3.63, 3.8) is 0 Å². The lowest BCUT2D eigenvalue weighted by atomic mass is 10.1. The molecule has 0 saturated heterocycles. The Hall–Kier alpha value is -1.23. The smallest absolute Gasteiger partial charge is 0.248 e. The van der Waals surface area contributed by atoms with Gasteiger partial charge in [-0.3, -0.25) is 4.98 Å². The molecule has 2 N–H and O–H groups in total. The lowest BCUT2D eigenvalue weighted by molar-refractivity contribution is 0.115. The van der Waals surface area contributed by atoms with Gasteiger partial charge in [-0.2, -0.15) is 0 Å². The number of aromatic nitrogens is 1. The highest BCUT2D eigenvalue weighted by Crippen LogP contribution is 2.21. The zero-order chi connectivity index (χ0) is 10.6. The third-order valence-electron chi connectivity index (χ3n) is 1.93. The van der Waals surface area contributed by atoms with Crippen LogP contribution < -0.4 is 10.5 Å².